The minimum Gasteiger partial charge on any atom is -0.377 e. The number of aromatic nitrogens is 5. The van der Waals surface area contributed by atoms with Gasteiger partial charge in [-0.2, -0.15) is 5.10 Å². The Morgan fingerprint density at radius 1 is 1.25 bits per heavy atom. The van der Waals surface area contributed by atoms with E-state index in [2.05, 4.69) is 31.4 Å². The molecule has 1 amide bonds. The second-order valence-corrected chi connectivity index (χ2v) is 6.45. The van der Waals surface area contributed by atoms with Crippen molar-refractivity contribution >= 4 is 17.3 Å². The molecule has 0 aromatic carbocycles. The summed E-state index contributed by atoms with van der Waals surface area (Å²) in [6, 6.07) is 3.59. The highest BCUT2D eigenvalue weighted by Gasteiger charge is 2.14. The van der Waals surface area contributed by atoms with E-state index in [1.807, 2.05) is 19.2 Å². The van der Waals surface area contributed by atoms with E-state index in [-0.39, 0.29) is 12.5 Å². The van der Waals surface area contributed by atoms with Crippen LogP contribution in [0.4, 0.5) is 5.82 Å². The van der Waals surface area contributed by atoms with Gasteiger partial charge in [-0.1, -0.05) is 6.08 Å². The Bertz CT molecular complexity index is 995. The molecule has 0 saturated carbocycles. The summed E-state index contributed by atoms with van der Waals surface area (Å²) in [7, 11) is 0. The van der Waals surface area contributed by atoms with Crippen molar-refractivity contribution in [3.8, 4) is 11.3 Å². The highest BCUT2D eigenvalue weighted by molar-refractivity contribution is 5.89. The summed E-state index contributed by atoms with van der Waals surface area (Å²) in [5.74, 6) is 0.295. The lowest BCUT2D eigenvalue weighted by atomic mass is 10.0. The summed E-state index contributed by atoms with van der Waals surface area (Å²) in [5, 5.41) is 7.26. The molecule has 142 valence electrons. The number of anilines is 1. The summed E-state index contributed by atoms with van der Waals surface area (Å²) in [6.45, 7) is 3.41. The molecule has 28 heavy (non-hydrogen) atoms. The molecular formula is C20H20N6O2. The van der Waals surface area contributed by atoms with Gasteiger partial charge in [0.05, 0.1) is 30.8 Å². The van der Waals surface area contributed by atoms with E-state index in [1.165, 1.54) is 5.57 Å². The highest BCUT2D eigenvalue weighted by atomic mass is 16.5. The van der Waals surface area contributed by atoms with Gasteiger partial charge in [0.15, 0.2) is 0 Å². The topological polar surface area (TPSA) is 94.8 Å². The molecule has 0 saturated heterocycles. The van der Waals surface area contributed by atoms with Crippen LogP contribution in [0.5, 0.6) is 0 Å². The molecule has 0 spiro atoms. The van der Waals surface area contributed by atoms with Gasteiger partial charge in [-0.3, -0.25) is 19.4 Å². The van der Waals surface area contributed by atoms with Gasteiger partial charge in [0.25, 0.3) is 0 Å². The smallest absolute Gasteiger partial charge is 0.247 e. The van der Waals surface area contributed by atoms with Crippen molar-refractivity contribution in [1.82, 2.24) is 24.7 Å². The van der Waals surface area contributed by atoms with Crippen LogP contribution in [-0.4, -0.2) is 43.9 Å². The molecule has 8 nitrogen and oxygen atoms in total. The molecule has 0 bridgehead atoms. The van der Waals surface area contributed by atoms with E-state index in [4.69, 9.17) is 4.74 Å². The Kier molecular flexibility index (Phi) is 5.20. The number of amides is 1. The lowest BCUT2D eigenvalue weighted by Crippen LogP contribution is -2.19. The fraction of sp³-hybridized carbons (Fsp3) is 0.250. The predicted molar refractivity (Wildman–Crippen MR) is 104 cm³/mol. The molecule has 0 radical (unpaired) electrons. The van der Waals surface area contributed by atoms with Crippen LogP contribution in [-0.2, 0) is 16.1 Å². The van der Waals surface area contributed by atoms with Crippen LogP contribution in [0.2, 0.25) is 0 Å². The zero-order valence-corrected chi connectivity index (χ0v) is 15.5. The first-order valence-corrected chi connectivity index (χ1v) is 9.02. The Morgan fingerprint density at radius 3 is 2.89 bits per heavy atom. The molecular weight excluding hydrogens is 356 g/mol. The normalized spacial score (nSPS) is 13.8. The minimum absolute atomic E-state index is 0.123. The van der Waals surface area contributed by atoms with E-state index < -0.39 is 0 Å². The first-order chi connectivity index (χ1) is 13.7. The lowest BCUT2D eigenvalue weighted by Gasteiger charge is -2.12. The van der Waals surface area contributed by atoms with Crippen LogP contribution in [0.1, 0.15) is 17.7 Å². The summed E-state index contributed by atoms with van der Waals surface area (Å²) in [6.07, 6.45) is 11.4. The summed E-state index contributed by atoms with van der Waals surface area (Å²) in [5.41, 5.74) is 4.77. The van der Waals surface area contributed by atoms with Crippen LogP contribution < -0.4 is 5.32 Å². The predicted octanol–water partition coefficient (Wildman–Crippen LogP) is 2.49. The summed E-state index contributed by atoms with van der Waals surface area (Å²) in [4.78, 5) is 24.9. The van der Waals surface area contributed by atoms with E-state index >= 15 is 0 Å². The number of hydrogen-bond donors (Lipinski definition) is 1. The zero-order valence-electron chi connectivity index (χ0n) is 15.5. The van der Waals surface area contributed by atoms with Crippen LogP contribution in [0.15, 0.2) is 49.2 Å². The maximum atomic E-state index is 12.4. The maximum absolute atomic E-state index is 12.4. The third kappa shape index (κ3) is 4.12. The number of aryl methyl sites for hydroxylation is 1. The van der Waals surface area contributed by atoms with E-state index in [0.29, 0.717) is 19.0 Å². The summed E-state index contributed by atoms with van der Waals surface area (Å²) < 4.78 is 7.01. The SMILES string of the molecule is Cc1nn(CC(=O)Nc2ccc(-c3cnccn3)cn2)cc1C1=CCOCC1. The van der Waals surface area contributed by atoms with Crippen LogP contribution >= 0.6 is 0 Å². The molecule has 0 fully saturated rings. The van der Waals surface area contributed by atoms with Gasteiger partial charge in [-0.15, -0.1) is 0 Å². The quantitative estimate of drug-likeness (QED) is 0.735. The third-order valence-corrected chi connectivity index (χ3v) is 4.45. The minimum atomic E-state index is -0.185. The standard InChI is InChI=1S/C20H20N6O2/c1-14-17(15-4-8-28-9-5-15)12-26(25-14)13-20(27)24-19-3-2-16(10-23-19)18-11-21-6-7-22-18/h2-4,6-7,10-12H,5,8-9,13H2,1H3,(H,23,24,27). The first kappa shape index (κ1) is 18.0. The van der Waals surface area contributed by atoms with Crippen molar-refractivity contribution in [2.24, 2.45) is 0 Å². The monoisotopic (exact) mass is 376 g/mol. The van der Waals surface area contributed by atoms with Gasteiger partial charge in [0.2, 0.25) is 5.91 Å². The molecule has 3 aromatic rings. The van der Waals surface area contributed by atoms with Crippen LogP contribution in [0.25, 0.3) is 16.8 Å². The van der Waals surface area contributed by atoms with Crippen molar-refractivity contribution in [2.45, 2.75) is 19.9 Å². The van der Waals surface area contributed by atoms with E-state index in [9.17, 15) is 4.79 Å². The van der Waals surface area contributed by atoms with Gasteiger partial charge in [-0.25, -0.2) is 4.98 Å². The van der Waals surface area contributed by atoms with E-state index in [1.54, 1.807) is 35.5 Å². The molecule has 8 heteroatoms. The molecule has 1 aliphatic heterocycles. The van der Waals surface area contributed by atoms with Crippen molar-refractivity contribution in [2.75, 3.05) is 18.5 Å². The number of hydrogen-bond acceptors (Lipinski definition) is 6. The average molecular weight is 376 g/mol. The second-order valence-electron chi connectivity index (χ2n) is 6.45. The number of nitrogens with one attached hydrogen (secondary N) is 1. The average Bonchev–Trinajstić information content (AvgIpc) is 3.09. The van der Waals surface area contributed by atoms with Crippen molar-refractivity contribution in [3.63, 3.8) is 0 Å². The fourth-order valence-electron chi connectivity index (χ4n) is 3.08. The number of rotatable bonds is 5. The fourth-order valence-corrected chi connectivity index (χ4v) is 3.08. The van der Waals surface area contributed by atoms with Crippen molar-refractivity contribution < 1.29 is 9.53 Å². The molecule has 4 heterocycles. The van der Waals surface area contributed by atoms with Gasteiger partial charge >= 0.3 is 0 Å². The molecule has 0 atom stereocenters. The number of carbonyl (C=O) groups excluding carboxylic acids is 1. The Morgan fingerprint density at radius 2 is 2.18 bits per heavy atom. The first-order valence-electron chi connectivity index (χ1n) is 9.02. The molecule has 1 N–H and O–H groups in total. The van der Waals surface area contributed by atoms with Crippen molar-refractivity contribution in [1.29, 1.82) is 0 Å². The van der Waals surface area contributed by atoms with Gasteiger partial charge in [0, 0.05) is 35.9 Å². The Balaban J connectivity index is 1.40. The molecule has 0 unspecified atom stereocenters. The third-order valence-electron chi connectivity index (χ3n) is 4.45. The van der Waals surface area contributed by atoms with Crippen molar-refractivity contribution in [3.05, 3.63) is 60.5 Å². The Hall–Kier alpha value is -3.39. The summed E-state index contributed by atoms with van der Waals surface area (Å²) >= 11 is 0. The second kappa shape index (κ2) is 8.10. The van der Waals surface area contributed by atoms with E-state index in [0.717, 1.165) is 28.9 Å². The molecule has 0 aliphatic carbocycles. The number of pyridine rings is 1. The number of ether oxygens (including phenoxy) is 1. The zero-order chi connectivity index (χ0) is 19.3. The van der Waals surface area contributed by atoms with Gasteiger partial charge in [-0.05, 0) is 31.1 Å². The number of nitrogens with zero attached hydrogens (tertiary/aromatic N) is 5. The molecule has 3 aromatic heterocycles. The van der Waals surface area contributed by atoms with Gasteiger partial charge in [0.1, 0.15) is 12.4 Å². The highest BCUT2D eigenvalue weighted by Crippen LogP contribution is 2.23. The van der Waals surface area contributed by atoms with Gasteiger partial charge < -0.3 is 10.1 Å². The van der Waals surface area contributed by atoms with Crippen LogP contribution in [0.3, 0.4) is 0 Å². The van der Waals surface area contributed by atoms with Crippen LogP contribution in [0, 0.1) is 6.92 Å². The lowest BCUT2D eigenvalue weighted by molar-refractivity contribution is -0.116. The number of carbonyl (C=O) groups is 1. The largest absolute Gasteiger partial charge is 0.377 e. The maximum Gasteiger partial charge on any atom is 0.247 e. The molecule has 1 aliphatic rings. The molecule has 4 rings (SSSR count). The Labute approximate surface area is 162 Å².